The lowest BCUT2D eigenvalue weighted by molar-refractivity contribution is -1.11. The Morgan fingerprint density at radius 3 is 1.08 bits per heavy atom. The number of primary amides is 1. The van der Waals surface area contributed by atoms with Crippen LogP contribution in [0, 0.1) is 0 Å². The minimum Gasteiger partial charge on any atom is -1.00 e. The number of carbonyl (C=O) groups is 6. The molecule has 5 aliphatic rings. The van der Waals surface area contributed by atoms with Crippen LogP contribution in [0.3, 0.4) is 0 Å². The van der Waals surface area contributed by atoms with Crippen molar-refractivity contribution in [2.45, 2.75) is 0 Å². The first-order valence-corrected chi connectivity index (χ1v) is 29.8. The molecule has 10 N–H and O–H groups in total. The standard InChI is InChI=1S/3C12H16N2O3.C12H16N2O2.C7H7NO.C4H9NO.CH2Cl2.CH4O.CH2O.2ClH/c15-12(11-4-2-1-3-5-11)13-10-17-14-6-8-16-9-7-14;2*15-12(11-4-2-1-3-5-11)13-10-14(16)6-8-17-9-7-14;15-12(11-4-2-1-3-5-11)13-10-14-6-8-16-9-7-14;8-7(9)6-4-2-1-3-5-6;1-3-6-4-2-5-1;2-1-3;2*1-2;;/h1-5H,6-10H2,(H,13,15);2*1-5,16H,6-10H2;1-5H,6-10H2,(H,13,15);1-5H,(H2,8,9);5H,1-4H2;1H2;2H,1H3;1H2;2*1H/p+1. The van der Waals surface area contributed by atoms with Gasteiger partial charge >= 0.3 is 0 Å². The number of nitrogens with two attached hydrogens (primary N) is 1. The number of hydrogen-bond donors (Lipinski definition) is 9. The number of aliphatic hydroxyl groups is 1. The van der Waals surface area contributed by atoms with E-state index in [-0.39, 0.29) is 89.1 Å². The van der Waals surface area contributed by atoms with Gasteiger partial charge in [0.2, 0.25) is 5.91 Å². The zero-order valence-corrected chi connectivity index (χ0v) is 54.6. The summed E-state index contributed by atoms with van der Waals surface area (Å²) in [4.78, 5) is 72.9. The summed E-state index contributed by atoms with van der Waals surface area (Å²) in [5.41, 5.74) is 8.08. The van der Waals surface area contributed by atoms with Crippen LogP contribution in [-0.2, 0) is 33.3 Å². The summed E-state index contributed by atoms with van der Waals surface area (Å²) >= 11 is 9.53. The van der Waals surface area contributed by atoms with Gasteiger partial charge in [-0.25, -0.2) is 10.4 Å². The van der Waals surface area contributed by atoms with Crippen LogP contribution in [0.5, 0.6) is 0 Å². The number of nitrogens with one attached hydrogen (secondary N) is 5. The molecule has 0 aliphatic carbocycles. The van der Waals surface area contributed by atoms with E-state index in [9.17, 15) is 34.4 Å². The van der Waals surface area contributed by atoms with Gasteiger partial charge in [-0.2, -0.15) is 14.4 Å². The lowest BCUT2D eigenvalue weighted by Gasteiger charge is -2.33. The minimum atomic E-state index is -0.379. The number of quaternary nitrogens is 2. The van der Waals surface area contributed by atoms with Crippen molar-refractivity contribution in [3.63, 3.8) is 0 Å². The molecule has 10 rings (SSSR count). The van der Waals surface area contributed by atoms with Crippen LogP contribution in [0.25, 0.3) is 0 Å². The average Bonchev–Trinajstić information content (AvgIpc) is 3.81. The lowest BCUT2D eigenvalue weighted by atomic mass is 10.2. The Morgan fingerprint density at radius 1 is 0.495 bits per heavy atom. The SMILES string of the molecule is C1COCCN1.C=O.CO.Cl.ClCCl.NC(=O)c1ccccc1.O=C(NCN1CCOCC1)c1ccccc1.O=C(NCON1CCOCC1)c1ccccc1.O=C(NC[N+]1(O)CCOCC1)c1ccccc1.O=C(NC[N+]1(O)CCOCC1)c1ccccc1.[Cl-]. The molecule has 0 radical (unpaired) electrons. The molecule has 506 valence electrons. The van der Waals surface area contributed by atoms with Crippen molar-refractivity contribution < 1.29 is 94.5 Å². The van der Waals surface area contributed by atoms with Crippen LogP contribution < -0.4 is 44.7 Å². The molecule has 29 heteroatoms. The second-order valence-electron chi connectivity index (χ2n) is 19.0. The van der Waals surface area contributed by atoms with Crippen LogP contribution in [-0.4, -0.2) is 242 Å². The zero-order valence-electron chi connectivity index (χ0n) is 51.5. The molecule has 91 heavy (non-hydrogen) atoms. The molecule has 0 spiro atoms. The smallest absolute Gasteiger partial charge is 0.255 e. The van der Waals surface area contributed by atoms with Gasteiger partial charge < -0.3 is 78.3 Å². The molecule has 0 saturated carbocycles. The van der Waals surface area contributed by atoms with Gasteiger partial charge in [0, 0.05) is 74.2 Å². The summed E-state index contributed by atoms with van der Waals surface area (Å²) in [6, 6.07) is 45.0. The number of rotatable bonds is 14. The van der Waals surface area contributed by atoms with Gasteiger partial charge in [0.15, 0.2) is 13.3 Å². The Morgan fingerprint density at radius 2 is 0.780 bits per heavy atom. The largest absolute Gasteiger partial charge is 1.00 e. The number of nitrogens with zero attached hydrogens (tertiary/aromatic N) is 4. The number of ether oxygens (including phenoxy) is 5. The number of halogens is 4. The molecule has 5 saturated heterocycles. The quantitative estimate of drug-likeness (QED) is 0.0429. The summed E-state index contributed by atoms with van der Waals surface area (Å²) in [6.07, 6.45) is 0. The van der Waals surface area contributed by atoms with Crippen LogP contribution >= 0.6 is 35.6 Å². The topological polar surface area (TPSA) is 311 Å². The second-order valence-corrected chi connectivity index (χ2v) is 19.8. The Balaban J connectivity index is 0.00000106. The monoisotopic (exact) mass is 1360 g/mol. The third-order valence-electron chi connectivity index (χ3n) is 12.7. The number of carbonyl (C=O) groups excluding carboxylic acids is 6. The molecule has 5 aliphatic heterocycles. The summed E-state index contributed by atoms with van der Waals surface area (Å²) in [7, 11) is 1.00. The number of amides is 5. The molecule has 5 aromatic rings. The Bertz CT molecular complexity index is 2520. The van der Waals surface area contributed by atoms with Crippen molar-refractivity contribution >= 4 is 71.9 Å². The highest BCUT2D eigenvalue weighted by atomic mass is 35.5. The Labute approximate surface area is 556 Å². The normalized spacial score (nSPS) is 15.8. The van der Waals surface area contributed by atoms with Gasteiger partial charge in [-0.1, -0.05) is 91.0 Å². The summed E-state index contributed by atoms with van der Waals surface area (Å²) in [6.45, 7) is 17.3. The fraction of sp³-hybridized carbons (Fsp3) is 0.419. The highest BCUT2D eigenvalue weighted by Crippen LogP contribution is 2.08. The highest BCUT2D eigenvalue weighted by Gasteiger charge is 2.30. The van der Waals surface area contributed by atoms with Gasteiger partial charge in [-0.05, 0) is 60.7 Å². The van der Waals surface area contributed by atoms with Gasteiger partial charge in [-0.15, -0.1) is 35.6 Å². The first-order chi connectivity index (χ1) is 43.3. The van der Waals surface area contributed by atoms with E-state index < -0.39 is 0 Å². The van der Waals surface area contributed by atoms with E-state index in [1.807, 2.05) is 97.8 Å². The third kappa shape index (κ3) is 39.7. The highest BCUT2D eigenvalue weighted by molar-refractivity contribution is 6.40. The van der Waals surface area contributed by atoms with Crippen molar-refractivity contribution in [1.29, 1.82) is 0 Å². The van der Waals surface area contributed by atoms with E-state index in [1.165, 1.54) is 0 Å². The van der Waals surface area contributed by atoms with Crippen LogP contribution in [0.2, 0.25) is 0 Å². The molecule has 5 heterocycles. The van der Waals surface area contributed by atoms with Crippen molar-refractivity contribution in [1.82, 2.24) is 36.5 Å². The van der Waals surface area contributed by atoms with Crippen molar-refractivity contribution in [2.75, 3.05) is 171 Å². The number of hydrogen-bond acceptors (Lipinski definition) is 18. The predicted molar refractivity (Wildman–Crippen MR) is 344 cm³/mol. The van der Waals surface area contributed by atoms with E-state index in [4.69, 9.17) is 67.4 Å². The molecule has 5 aromatic carbocycles. The Hall–Kier alpha value is -6.28. The van der Waals surface area contributed by atoms with E-state index >= 15 is 0 Å². The predicted octanol–water partition coefficient (Wildman–Crippen LogP) is 1.23. The van der Waals surface area contributed by atoms with Crippen molar-refractivity contribution in [2.24, 2.45) is 5.73 Å². The molecule has 0 bridgehead atoms. The number of morpholine rings is 5. The van der Waals surface area contributed by atoms with E-state index in [1.54, 1.807) is 65.7 Å². The van der Waals surface area contributed by atoms with Crippen molar-refractivity contribution in [3.05, 3.63) is 179 Å². The molecule has 5 amide bonds. The van der Waals surface area contributed by atoms with E-state index in [0.717, 1.165) is 72.8 Å². The number of alkyl halides is 2. The van der Waals surface area contributed by atoms with Crippen LogP contribution in [0.15, 0.2) is 152 Å². The zero-order chi connectivity index (χ0) is 65.1. The number of benzene rings is 5. The molecular formula is C62H91Cl4N10O15+. The lowest BCUT2D eigenvalue weighted by Crippen LogP contribution is -3.00. The summed E-state index contributed by atoms with van der Waals surface area (Å²) < 4.78 is 25.5. The third-order valence-corrected chi connectivity index (χ3v) is 12.7. The van der Waals surface area contributed by atoms with E-state index in [0.29, 0.717) is 100 Å². The maximum atomic E-state index is 11.8. The fourth-order valence-corrected chi connectivity index (χ4v) is 7.81. The Kier molecular flexibility index (Phi) is 50.5. The maximum Gasteiger partial charge on any atom is 0.255 e. The van der Waals surface area contributed by atoms with Crippen LogP contribution in [0.4, 0.5) is 0 Å². The van der Waals surface area contributed by atoms with Crippen LogP contribution in [0.1, 0.15) is 51.8 Å². The maximum absolute atomic E-state index is 11.8. The second kappa shape index (κ2) is 54.3. The fourth-order valence-electron chi connectivity index (χ4n) is 7.81. The molecule has 5 fully saturated rings. The molecular weight excluding hydrogens is 1270 g/mol. The average molecular weight is 1360 g/mol. The molecule has 0 unspecified atom stereocenters. The molecule has 25 nitrogen and oxygen atoms in total. The van der Waals surface area contributed by atoms with E-state index in [2.05, 4.69) is 31.5 Å². The number of aliphatic hydroxyl groups excluding tert-OH is 1. The van der Waals surface area contributed by atoms with Gasteiger partial charge in [-0.3, -0.25) is 33.7 Å². The molecule has 0 atom stereocenters. The first-order valence-electron chi connectivity index (χ1n) is 28.7. The van der Waals surface area contributed by atoms with Crippen molar-refractivity contribution in [3.8, 4) is 0 Å². The van der Waals surface area contributed by atoms with Gasteiger partial charge in [0.25, 0.3) is 23.6 Å². The first kappa shape index (κ1) is 84.7. The summed E-state index contributed by atoms with van der Waals surface area (Å²) in [5, 5.41) is 43.5. The van der Waals surface area contributed by atoms with Gasteiger partial charge in [0.05, 0.1) is 78.1 Å². The minimum absolute atomic E-state index is 0. The summed E-state index contributed by atoms with van der Waals surface area (Å²) in [5.74, 6) is -0.853. The molecule has 0 aromatic heterocycles. The van der Waals surface area contributed by atoms with Gasteiger partial charge in [0.1, 0.15) is 39.7 Å². The number of hydroxylamine groups is 8.